The van der Waals surface area contributed by atoms with Crippen LogP contribution in [0.5, 0.6) is 11.5 Å². The van der Waals surface area contributed by atoms with E-state index >= 15 is 0 Å². The molecule has 0 radical (unpaired) electrons. The van der Waals surface area contributed by atoms with Crippen molar-refractivity contribution in [3.63, 3.8) is 0 Å². The van der Waals surface area contributed by atoms with E-state index in [1.165, 1.54) is 12.8 Å². The Morgan fingerprint density at radius 3 is 2.47 bits per heavy atom. The molecule has 3 atom stereocenters. The van der Waals surface area contributed by atoms with E-state index in [1.54, 1.807) is 7.11 Å². The molecule has 0 heterocycles. The summed E-state index contributed by atoms with van der Waals surface area (Å²) in [5.41, 5.74) is 0. The quantitative estimate of drug-likeness (QED) is 0.884. The maximum atomic E-state index is 6.17. The molecule has 0 amide bonds. The number of ether oxygens (including phenoxy) is 2. The van der Waals surface area contributed by atoms with Gasteiger partial charge in [-0.3, -0.25) is 0 Å². The average Bonchev–Trinajstić information content (AvgIpc) is 2.43. The molecule has 1 N–H and O–H groups in total. The van der Waals surface area contributed by atoms with Gasteiger partial charge >= 0.3 is 0 Å². The number of nitrogens with one attached hydrogen (secondary N) is 1. The van der Waals surface area contributed by atoms with Crippen molar-refractivity contribution >= 4 is 0 Å². The summed E-state index contributed by atoms with van der Waals surface area (Å²) in [7, 11) is 1.68. The maximum absolute atomic E-state index is 6.17. The zero-order valence-electron chi connectivity index (χ0n) is 12.2. The highest BCUT2D eigenvalue weighted by Crippen LogP contribution is 2.28. The van der Waals surface area contributed by atoms with Crippen LogP contribution < -0.4 is 14.8 Å². The molecule has 3 unspecified atom stereocenters. The Balaban J connectivity index is 2.00. The van der Waals surface area contributed by atoms with Gasteiger partial charge in [0.25, 0.3) is 0 Å². The average molecular weight is 263 g/mol. The zero-order chi connectivity index (χ0) is 13.7. The van der Waals surface area contributed by atoms with Gasteiger partial charge in [0.15, 0.2) is 0 Å². The molecular weight excluding hydrogens is 238 g/mol. The minimum atomic E-state index is 0.275. The highest BCUT2D eigenvalue weighted by molar-refractivity contribution is 5.31. The second-order valence-electron chi connectivity index (χ2n) is 5.41. The topological polar surface area (TPSA) is 30.5 Å². The van der Waals surface area contributed by atoms with Gasteiger partial charge in [-0.25, -0.2) is 0 Å². The van der Waals surface area contributed by atoms with E-state index < -0.39 is 0 Å². The van der Waals surface area contributed by atoms with Gasteiger partial charge in [-0.05, 0) is 56.0 Å². The van der Waals surface area contributed by atoms with Crippen LogP contribution in [0.4, 0.5) is 0 Å². The van der Waals surface area contributed by atoms with Gasteiger partial charge in [-0.1, -0.05) is 13.8 Å². The molecule has 1 saturated carbocycles. The second-order valence-corrected chi connectivity index (χ2v) is 5.41. The van der Waals surface area contributed by atoms with Crippen molar-refractivity contribution in [3.8, 4) is 11.5 Å². The monoisotopic (exact) mass is 263 g/mol. The molecule has 1 aliphatic rings. The normalized spacial score (nSPS) is 27.0. The number of benzene rings is 1. The van der Waals surface area contributed by atoms with Gasteiger partial charge in [-0.15, -0.1) is 0 Å². The first-order valence-electron chi connectivity index (χ1n) is 7.27. The van der Waals surface area contributed by atoms with Gasteiger partial charge < -0.3 is 14.8 Å². The van der Waals surface area contributed by atoms with Gasteiger partial charge in [0.1, 0.15) is 17.6 Å². The second kappa shape index (κ2) is 6.80. The minimum Gasteiger partial charge on any atom is -0.497 e. The van der Waals surface area contributed by atoms with Crippen LogP contribution in [0.25, 0.3) is 0 Å². The SMILES string of the molecule is CCNC1CCC(C)CC1Oc1ccc(OC)cc1. The third-order valence-corrected chi connectivity index (χ3v) is 3.87. The van der Waals surface area contributed by atoms with Crippen molar-refractivity contribution in [2.45, 2.75) is 45.3 Å². The Morgan fingerprint density at radius 2 is 1.84 bits per heavy atom. The summed E-state index contributed by atoms with van der Waals surface area (Å²) in [6, 6.07) is 8.35. The summed E-state index contributed by atoms with van der Waals surface area (Å²) < 4.78 is 11.3. The molecule has 1 fully saturated rings. The van der Waals surface area contributed by atoms with Crippen LogP contribution >= 0.6 is 0 Å². The number of likely N-dealkylation sites (N-methyl/N-ethyl adjacent to an activating group) is 1. The Morgan fingerprint density at radius 1 is 1.16 bits per heavy atom. The van der Waals surface area contributed by atoms with Crippen LogP contribution in [0.1, 0.15) is 33.1 Å². The molecule has 19 heavy (non-hydrogen) atoms. The first-order valence-corrected chi connectivity index (χ1v) is 7.27. The predicted molar refractivity (Wildman–Crippen MR) is 77.9 cm³/mol. The lowest BCUT2D eigenvalue weighted by molar-refractivity contribution is 0.0916. The van der Waals surface area contributed by atoms with Crippen molar-refractivity contribution in [1.82, 2.24) is 5.32 Å². The lowest BCUT2D eigenvalue weighted by Crippen LogP contribution is -2.46. The number of rotatable bonds is 5. The standard InChI is InChI=1S/C16H25NO2/c1-4-17-15-10-5-12(2)11-16(15)19-14-8-6-13(18-3)7-9-14/h6-9,12,15-17H,4-5,10-11H2,1-3H3. The molecule has 2 rings (SSSR count). The first kappa shape index (κ1) is 14.2. The summed E-state index contributed by atoms with van der Waals surface area (Å²) in [6.07, 6.45) is 3.90. The Bertz CT molecular complexity index is 377. The summed E-state index contributed by atoms with van der Waals surface area (Å²) in [6.45, 7) is 5.47. The van der Waals surface area contributed by atoms with Crippen LogP contribution in [0.3, 0.4) is 0 Å². The largest absolute Gasteiger partial charge is 0.497 e. The molecule has 3 heteroatoms. The fraction of sp³-hybridized carbons (Fsp3) is 0.625. The van der Waals surface area contributed by atoms with Gasteiger partial charge in [0, 0.05) is 6.04 Å². The van der Waals surface area contributed by atoms with E-state index in [4.69, 9.17) is 9.47 Å². The molecule has 1 aromatic carbocycles. The number of hydrogen-bond donors (Lipinski definition) is 1. The summed E-state index contributed by atoms with van der Waals surface area (Å²) >= 11 is 0. The molecule has 3 nitrogen and oxygen atoms in total. The Labute approximate surface area is 116 Å². The fourth-order valence-electron chi connectivity index (χ4n) is 2.78. The Kier molecular flexibility index (Phi) is 5.08. The van der Waals surface area contributed by atoms with Crippen molar-refractivity contribution in [3.05, 3.63) is 24.3 Å². The van der Waals surface area contributed by atoms with E-state index in [0.29, 0.717) is 6.04 Å². The lowest BCUT2D eigenvalue weighted by atomic mass is 9.85. The summed E-state index contributed by atoms with van der Waals surface area (Å²) in [5.74, 6) is 2.55. The molecule has 0 bridgehead atoms. The van der Waals surface area contributed by atoms with Crippen molar-refractivity contribution < 1.29 is 9.47 Å². The van der Waals surface area contributed by atoms with Gasteiger partial charge in [-0.2, -0.15) is 0 Å². The Hall–Kier alpha value is -1.22. The van der Waals surface area contributed by atoms with E-state index in [1.807, 2.05) is 24.3 Å². The van der Waals surface area contributed by atoms with Crippen LogP contribution in [0, 0.1) is 5.92 Å². The third kappa shape index (κ3) is 3.87. The van der Waals surface area contributed by atoms with E-state index in [-0.39, 0.29) is 6.10 Å². The van der Waals surface area contributed by atoms with Crippen molar-refractivity contribution in [2.24, 2.45) is 5.92 Å². The van der Waals surface area contributed by atoms with Crippen molar-refractivity contribution in [1.29, 1.82) is 0 Å². The van der Waals surface area contributed by atoms with E-state index in [2.05, 4.69) is 19.2 Å². The molecule has 0 saturated heterocycles. The molecule has 0 spiro atoms. The number of methoxy groups -OCH3 is 1. The van der Waals surface area contributed by atoms with Gasteiger partial charge in [0.05, 0.1) is 7.11 Å². The summed E-state index contributed by atoms with van der Waals surface area (Å²) in [5, 5.41) is 3.55. The van der Waals surface area contributed by atoms with E-state index in [0.717, 1.165) is 30.4 Å². The molecule has 0 aliphatic heterocycles. The van der Waals surface area contributed by atoms with Crippen LogP contribution in [0.2, 0.25) is 0 Å². The van der Waals surface area contributed by atoms with Crippen LogP contribution in [-0.4, -0.2) is 25.8 Å². The van der Waals surface area contributed by atoms with Crippen molar-refractivity contribution in [2.75, 3.05) is 13.7 Å². The van der Waals surface area contributed by atoms with Gasteiger partial charge in [0.2, 0.25) is 0 Å². The summed E-state index contributed by atoms with van der Waals surface area (Å²) in [4.78, 5) is 0. The molecule has 1 aromatic rings. The highest BCUT2D eigenvalue weighted by Gasteiger charge is 2.29. The van der Waals surface area contributed by atoms with Crippen LogP contribution in [0.15, 0.2) is 24.3 Å². The van der Waals surface area contributed by atoms with Crippen LogP contribution in [-0.2, 0) is 0 Å². The predicted octanol–water partition coefficient (Wildman–Crippen LogP) is 3.24. The van der Waals surface area contributed by atoms with E-state index in [9.17, 15) is 0 Å². The lowest BCUT2D eigenvalue weighted by Gasteiger charge is -2.35. The minimum absolute atomic E-state index is 0.275. The zero-order valence-corrected chi connectivity index (χ0v) is 12.2. The third-order valence-electron chi connectivity index (χ3n) is 3.87. The fourth-order valence-corrected chi connectivity index (χ4v) is 2.78. The molecule has 106 valence electrons. The first-order chi connectivity index (χ1) is 9.22. The molecule has 0 aromatic heterocycles. The number of hydrogen-bond acceptors (Lipinski definition) is 3. The highest BCUT2D eigenvalue weighted by atomic mass is 16.5. The smallest absolute Gasteiger partial charge is 0.120 e. The molecule has 1 aliphatic carbocycles. The maximum Gasteiger partial charge on any atom is 0.120 e. The molecular formula is C16H25NO2.